The Balaban J connectivity index is 1.04. The summed E-state index contributed by atoms with van der Waals surface area (Å²) >= 11 is 0. The highest BCUT2D eigenvalue weighted by Gasteiger charge is 2.37. The molecule has 46 heavy (non-hydrogen) atoms. The van der Waals surface area contributed by atoms with Gasteiger partial charge in [-0.1, -0.05) is 12.1 Å². The molecule has 2 aliphatic heterocycles. The fourth-order valence-electron chi connectivity index (χ4n) is 6.21. The van der Waals surface area contributed by atoms with Crippen LogP contribution in [0, 0.1) is 5.92 Å². The first-order valence-electron chi connectivity index (χ1n) is 15.5. The molecule has 2 amide bonds. The Morgan fingerprint density at radius 2 is 1.74 bits per heavy atom. The van der Waals surface area contributed by atoms with Crippen LogP contribution >= 0.6 is 0 Å². The molecule has 4 aromatic rings. The van der Waals surface area contributed by atoms with Crippen molar-refractivity contribution in [2.45, 2.75) is 32.4 Å². The molecule has 13 heteroatoms. The van der Waals surface area contributed by atoms with Crippen LogP contribution in [0.5, 0.6) is 5.75 Å². The second-order valence-electron chi connectivity index (χ2n) is 12.3. The lowest BCUT2D eigenvalue weighted by molar-refractivity contribution is 0.0663. The number of imide groups is 1. The average Bonchev–Trinajstić information content (AvgIpc) is 3.73. The van der Waals surface area contributed by atoms with Crippen LogP contribution in [0.15, 0.2) is 64.2 Å². The van der Waals surface area contributed by atoms with Crippen LogP contribution in [0.3, 0.4) is 0 Å². The maximum absolute atomic E-state index is 13.3. The molecule has 1 atom stereocenters. The molecule has 3 aliphatic rings. The van der Waals surface area contributed by atoms with Crippen molar-refractivity contribution in [1.82, 2.24) is 23.7 Å². The second kappa shape index (κ2) is 11.8. The molecular weight excluding hydrogens is 610 g/mol. The molecule has 12 nitrogen and oxygen atoms in total. The van der Waals surface area contributed by atoms with Crippen LogP contribution in [0.1, 0.15) is 46.2 Å². The van der Waals surface area contributed by atoms with E-state index < -0.39 is 21.8 Å². The topological polar surface area (TPSA) is 135 Å². The first kappa shape index (κ1) is 30.3. The highest BCUT2D eigenvalue weighted by atomic mass is 32.2. The Bertz CT molecular complexity index is 1980. The number of fused-ring (bicyclic) bond motifs is 2. The van der Waals surface area contributed by atoms with E-state index in [2.05, 4.69) is 9.88 Å². The Morgan fingerprint density at radius 3 is 2.43 bits per heavy atom. The number of amides is 2. The third kappa shape index (κ3) is 5.63. The molecule has 240 valence electrons. The zero-order valence-corrected chi connectivity index (χ0v) is 26.5. The zero-order chi connectivity index (χ0) is 32.2. The van der Waals surface area contributed by atoms with E-state index in [0.717, 1.165) is 28.9 Å². The van der Waals surface area contributed by atoms with Gasteiger partial charge in [-0.15, -0.1) is 0 Å². The second-order valence-corrected chi connectivity index (χ2v) is 14.4. The lowest BCUT2D eigenvalue weighted by atomic mass is 10.1. The lowest BCUT2D eigenvalue weighted by Gasteiger charge is -2.38. The molecule has 5 heterocycles. The van der Waals surface area contributed by atoms with Crippen molar-refractivity contribution in [2.75, 3.05) is 38.5 Å². The highest BCUT2D eigenvalue weighted by Crippen LogP contribution is 2.37. The number of aryl methyl sites for hydroxylation is 1. The van der Waals surface area contributed by atoms with Gasteiger partial charge >= 0.3 is 0 Å². The van der Waals surface area contributed by atoms with Crippen molar-refractivity contribution in [3.05, 3.63) is 82.2 Å². The fourth-order valence-corrected chi connectivity index (χ4v) is 7.68. The SMILES string of the molecule is C[C@@H]1CN(S(=O)(=O)CCN2C(=O)c3ccccc3C2=O)CCN1Cc1cc2c(=O)n(C)cc(-c3ccncc3OCC3CC3)c2o1. The minimum absolute atomic E-state index is 0.152. The number of rotatable bonds is 10. The summed E-state index contributed by atoms with van der Waals surface area (Å²) < 4.78 is 42.0. The molecule has 1 aromatic carbocycles. The van der Waals surface area contributed by atoms with Gasteiger partial charge in [0.05, 0.1) is 41.6 Å². The van der Waals surface area contributed by atoms with E-state index >= 15 is 0 Å². The lowest BCUT2D eigenvalue weighted by Crippen LogP contribution is -2.54. The minimum atomic E-state index is -3.74. The number of nitrogens with zero attached hydrogens (tertiary/aromatic N) is 5. The maximum atomic E-state index is 13.3. The van der Waals surface area contributed by atoms with Gasteiger partial charge in [0.25, 0.3) is 17.4 Å². The highest BCUT2D eigenvalue weighted by molar-refractivity contribution is 7.89. The van der Waals surface area contributed by atoms with Gasteiger partial charge in [-0.2, -0.15) is 4.31 Å². The number of hydrogen-bond donors (Lipinski definition) is 0. The van der Waals surface area contributed by atoms with Gasteiger partial charge in [0.15, 0.2) is 0 Å². The van der Waals surface area contributed by atoms with E-state index in [-0.39, 0.29) is 37.0 Å². The standard InChI is InChI=1S/C33H35N5O7S/c1-21-17-37(46(42,43)14-13-38-32(40)25-5-3-4-6-26(25)33(38)41)12-11-36(21)18-23-15-27-30(45-23)28(19-35(2)31(27)39)24-9-10-34-16-29(24)44-20-22-7-8-22/h3-6,9-10,15-16,19,21-22H,7-8,11-14,17-18,20H2,1-2H3/t21-/m1/s1. The van der Waals surface area contributed by atoms with Crippen molar-refractivity contribution in [1.29, 1.82) is 0 Å². The third-order valence-electron chi connectivity index (χ3n) is 9.08. The van der Waals surface area contributed by atoms with Crippen LogP contribution in [-0.4, -0.2) is 88.5 Å². The average molecular weight is 646 g/mol. The van der Waals surface area contributed by atoms with Gasteiger partial charge in [-0.25, -0.2) is 8.42 Å². The molecule has 1 aliphatic carbocycles. The molecule has 0 radical (unpaired) electrons. The molecule has 7 rings (SSSR count). The van der Waals surface area contributed by atoms with Gasteiger partial charge in [0.2, 0.25) is 10.0 Å². The normalized spacial score (nSPS) is 19.3. The molecule has 1 saturated carbocycles. The first-order valence-corrected chi connectivity index (χ1v) is 17.1. The Morgan fingerprint density at radius 1 is 1.00 bits per heavy atom. The van der Waals surface area contributed by atoms with Crippen molar-refractivity contribution >= 4 is 32.8 Å². The number of pyridine rings is 2. The van der Waals surface area contributed by atoms with Crippen molar-refractivity contribution in [2.24, 2.45) is 13.0 Å². The molecular formula is C33H35N5O7S. The Hall–Kier alpha value is -4.33. The van der Waals surface area contributed by atoms with E-state index in [1.165, 1.54) is 8.87 Å². The predicted octanol–water partition coefficient (Wildman–Crippen LogP) is 3.11. The number of furan rings is 1. The summed E-state index contributed by atoms with van der Waals surface area (Å²) in [6.45, 7) is 3.70. The van der Waals surface area contributed by atoms with Crippen molar-refractivity contribution in [3.63, 3.8) is 0 Å². The molecule has 0 unspecified atom stereocenters. The maximum Gasteiger partial charge on any atom is 0.261 e. The number of benzene rings is 1. The van der Waals surface area contributed by atoms with Gasteiger partial charge in [0.1, 0.15) is 17.1 Å². The van der Waals surface area contributed by atoms with E-state index in [1.807, 2.05) is 13.0 Å². The summed E-state index contributed by atoms with van der Waals surface area (Å²) in [5.74, 6) is 0.524. The van der Waals surface area contributed by atoms with E-state index in [4.69, 9.17) is 9.15 Å². The first-order chi connectivity index (χ1) is 22.1. The molecule has 2 fully saturated rings. The monoisotopic (exact) mass is 645 g/mol. The van der Waals surface area contributed by atoms with E-state index in [9.17, 15) is 22.8 Å². The summed E-state index contributed by atoms with van der Waals surface area (Å²) in [6.07, 6.45) is 7.46. The molecule has 0 N–H and O–H groups in total. The number of aromatic nitrogens is 2. The van der Waals surface area contributed by atoms with Crippen LogP contribution in [0.2, 0.25) is 0 Å². The van der Waals surface area contributed by atoms with Gasteiger partial charge in [-0.3, -0.25) is 29.2 Å². The number of hydrogen-bond acceptors (Lipinski definition) is 9. The van der Waals surface area contributed by atoms with Crippen LogP contribution in [-0.2, 0) is 23.6 Å². The minimum Gasteiger partial charge on any atom is -0.491 e. The van der Waals surface area contributed by atoms with Crippen LogP contribution < -0.4 is 10.3 Å². The molecule has 0 spiro atoms. The van der Waals surface area contributed by atoms with Crippen LogP contribution in [0.4, 0.5) is 0 Å². The Kier molecular flexibility index (Phi) is 7.78. The fraction of sp³-hybridized carbons (Fsp3) is 0.394. The quantitative estimate of drug-likeness (QED) is 0.239. The van der Waals surface area contributed by atoms with Crippen molar-refractivity contribution < 1.29 is 27.2 Å². The number of carbonyl (C=O) groups excluding carboxylic acids is 2. The smallest absolute Gasteiger partial charge is 0.261 e. The van der Waals surface area contributed by atoms with Gasteiger partial charge in [0, 0.05) is 62.8 Å². The number of ether oxygens (including phenoxy) is 1. The predicted molar refractivity (Wildman–Crippen MR) is 170 cm³/mol. The molecule has 1 saturated heterocycles. The Labute approximate surface area is 266 Å². The van der Waals surface area contributed by atoms with E-state index in [0.29, 0.717) is 59.2 Å². The largest absolute Gasteiger partial charge is 0.491 e. The number of piperazine rings is 1. The van der Waals surface area contributed by atoms with Gasteiger partial charge in [-0.05, 0) is 49.9 Å². The number of carbonyl (C=O) groups is 2. The zero-order valence-electron chi connectivity index (χ0n) is 25.7. The summed E-state index contributed by atoms with van der Waals surface area (Å²) in [7, 11) is -2.03. The summed E-state index contributed by atoms with van der Waals surface area (Å²) in [5.41, 5.74) is 2.42. The van der Waals surface area contributed by atoms with E-state index in [1.54, 1.807) is 56.0 Å². The van der Waals surface area contributed by atoms with Gasteiger partial charge < -0.3 is 13.7 Å². The molecule has 0 bridgehead atoms. The summed E-state index contributed by atoms with van der Waals surface area (Å²) in [5, 5.41) is 0.460. The summed E-state index contributed by atoms with van der Waals surface area (Å²) in [4.78, 5) is 45.9. The third-order valence-corrected chi connectivity index (χ3v) is 10.9. The number of sulfonamides is 1. The van der Waals surface area contributed by atoms with Crippen LogP contribution in [0.25, 0.3) is 22.1 Å². The summed E-state index contributed by atoms with van der Waals surface area (Å²) in [6, 6.07) is 9.99. The van der Waals surface area contributed by atoms with Crippen molar-refractivity contribution in [3.8, 4) is 16.9 Å². The molecule has 3 aromatic heterocycles.